The van der Waals surface area contributed by atoms with E-state index in [2.05, 4.69) is 4.98 Å². The number of thiazole rings is 1. The molecular formula is C10H15ClN2O2S. The molecule has 1 rings (SSSR count). The highest BCUT2D eigenvalue weighted by molar-refractivity contribution is 7.15. The van der Waals surface area contributed by atoms with Crippen LogP contribution in [0.25, 0.3) is 0 Å². The number of carboxylic acid groups (broad SMARTS) is 1. The van der Waals surface area contributed by atoms with Gasteiger partial charge in [-0.15, -0.1) is 11.3 Å². The van der Waals surface area contributed by atoms with Gasteiger partial charge in [-0.2, -0.15) is 0 Å². The Morgan fingerprint density at radius 1 is 1.75 bits per heavy atom. The molecule has 4 nitrogen and oxygen atoms in total. The first-order chi connectivity index (χ1) is 7.52. The van der Waals surface area contributed by atoms with Crippen molar-refractivity contribution in [2.45, 2.75) is 20.4 Å². The molecule has 0 saturated carbocycles. The van der Waals surface area contributed by atoms with Gasteiger partial charge in [0.1, 0.15) is 9.34 Å². The maximum atomic E-state index is 10.7. The number of carboxylic acids is 1. The van der Waals surface area contributed by atoms with Crippen molar-refractivity contribution in [2.75, 3.05) is 13.1 Å². The van der Waals surface area contributed by atoms with Crippen LogP contribution in [0.3, 0.4) is 0 Å². The predicted octanol–water partition coefficient (Wildman–Crippen LogP) is 2.34. The smallest absolute Gasteiger partial charge is 0.307 e. The Bertz CT molecular complexity index is 356. The lowest BCUT2D eigenvalue weighted by atomic mass is 10.2. The number of aromatic nitrogens is 1. The van der Waals surface area contributed by atoms with Crippen LogP contribution in [0.5, 0.6) is 0 Å². The molecule has 1 aromatic heterocycles. The highest BCUT2D eigenvalue weighted by atomic mass is 35.5. The zero-order valence-corrected chi connectivity index (χ0v) is 10.9. The molecular weight excluding hydrogens is 248 g/mol. The van der Waals surface area contributed by atoms with Gasteiger partial charge in [0.25, 0.3) is 0 Å². The molecule has 0 spiro atoms. The van der Waals surface area contributed by atoms with E-state index in [1.54, 1.807) is 13.1 Å². The molecule has 1 N–H and O–H groups in total. The van der Waals surface area contributed by atoms with Gasteiger partial charge < -0.3 is 5.11 Å². The molecule has 0 fully saturated rings. The van der Waals surface area contributed by atoms with Crippen molar-refractivity contribution >= 4 is 28.9 Å². The minimum Gasteiger partial charge on any atom is -0.481 e. The molecule has 0 aromatic carbocycles. The number of rotatable bonds is 6. The van der Waals surface area contributed by atoms with E-state index in [1.807, 2.05) is 11.8 Å². The van der Waals surface area contributed by atoms with Crippen LogP contribution < -0.4 is 0 Å². The van der Waals surface area contributed by atoms with Gasteiger partial charge in [-0.1, -0.05) is 25.4 Å². The Morgan fingerprint density at radius 2 is 2.44 bits per heavy atom. The van der Waals surface area contributed by atoms with Crippen LogP contribution in [-0.4, -0.2) is 34.0 Å². The molecule has 0 aliphatic rings. The van der Waals surface area contributed by atoms with E-state index in [0.717, 1.165) is 11.6 Å². The van der Waals surface area contributed by atoms with E-state index in [0.29, 0.717) is 17.4 Å². The van der Waals surface area contributed by atoms with Gasteiger partial charge in [0.2, 0.25) is 0 Å². The summed E-state index contributed by atoms with van der Waals surface area (Å²) in [6.07, 6.45) is 1.62. The highest BCUT2D eigenvalue weighted by Gasteiger charge is 2.16. The first-order valence-corrected chi connectivity index (χ1v) is 6.27. The third kappa shape index (κ3) is 4.08. The molecule has 1 atom stereocenters. The predicted molar refractivity (Wildman–Crippen MR) is 64.9 cm³/mol. The summed E-state index contributed by atoms with van der Waals surface area (Å²) in [7, 11) is 0. The third-order valence-electron chi connectivity index (χ3n) is 2.29. The van der Waals surface area contributed by atoms with Crippen molar-refractivity contribution in [3.8, 4) is 0 Å². The Hall–Kier alpha value is -0.650. The molecule has 16 heavy (non-hydrogen) atoms. The van der Waals surface area contributed by atoms with Crippen LogP contribution in [0.15, 0.2) is 6.20 Å². The van der Waals surface area contributed by atoms with Crippen molar-refractivity contribution in [3.05, 3.63) is 15.5 Å². The number of hydrogen-bond donors (Lipinski definition) is 1. The Balaban J connectivity index is 2.52. The summed E-state index contributed by atoms with van der Waals surface area (Å²) in [6.45, 7) is 5.70. The second-order valence-electron chi connectivity index (χ2n) is 3.63. The minimum absolute atomic E-state index is 0.365. The normalized spacial score (nSPS) is 13.0. The molecule has 90 valence electrons. The summed E-state index contributed by atoms with van der Waals surface area (Å²) in [4.78, 5) is 16.9. The van der Waals surface area contributed by atoms with Crippen LogP contribution in [-0.2, 0) is 11.3 Å². The van der Waals surface area contributed by atoms with Crippen molar-refractivity contribution in [1.29, 1.82) is 0 Å². The maximum absolute atomic E-state index is 10.7. The summed E-state index contributed by atoms with van der Waals surface area (Å²) < 4.78 is 0.664. The van der Waals surface area contributed by atoms with E-state index in [-0.39, 0.29) is 5.92 Å². The van der Waals surface area contributed by atoms with Gasteiger partial charge in [0, 0.05) is 6.54 Å². The van der Waals surface area contributed by atoms with Gasteiger partial charge in [-0.25, -0.2) is 4.98 Å². The lowest BCUT2D eigenvalue weighted by molar-refractivity contribution is -0.141. The Morgan fingerprint density at radius 3 is 2.88 bits per heavy atom. The van der Waals surface area contributed by atoms with Gasteiger partial charge in [0.15, 0.2) is 0 Å². The fourth-order valence-corrected chi connectivity index (χ4v) is 2.32. The SMILES string of the molecule is CCN(Cc1ncc(Cl)s1)CC(C)C(=O)O. The van der Waals surface area contributed by atoms with Gasteiger partial charge in [-0.3, -0.25) is 9.69 Å². The van der Waals surface area contributed by atoms with Crippen LogP contribution in [0.4, 0.5) is 0 Å². The van der Waals surface area contributed by atoms with Crippen LogP contribution in [0, 0.1) is 5.92 Å². The standard InChI is InChI=1S/C10H15ClN2O2S/c1-3-13(5-7(2)10(14)15)6-9-12-4-8(11)16-9/h4,7H,3,5-6H2,1-2H3,(H,14,15). The summed E-state index contributed by atoms with van der Waals surface area (Å²) in [5.41, 5.74) is 0. The van der Waals surface area contributed by atoms with E-state index in [1.165, 1.54) is 11.3 Å². The summed E-state index contributed by atoms with van der Waals surface area (Å²) in [6, 6.07) is 0. The van der Waals surface area contributed by atoms with Crippen molar-refractivity contribution < 1.29 is 9.90 Å². The molecule has 1 unspecified atom stereocenters. The number of nitrogens with zero attached hydrogens (tertiary/aromatic N) is 2. The molecule has 1 heterocycles. The van der Waals surface area contributed by atoms with Crippen LogP contribution >= 0.6 is 22.9 Å². The molecule has 0 saturated heterocycles. The fraction of sp³-hybridized carbons (Fsp3) is 0.600. The largest absolute Gasteiger partial charge is 0.481 e. The zero-order chi connectivity index (χ0) is 12.1. The third-order valence-corrected chi connectivity index (χ3v) is 3.38. The topological polar surface area (TPSA) is 53.4 Å². The van der Waals surface area contributed by atoms with Crippen LogP contribution in [0.1, 0.15) is 18.9 Å². The number of carbonyl (C=O) groups is 1. The van der Waals surface area contributed by atoms with E-state index in [4.69, 9.17) is 16.7 Å². The van der Waals surface area contributed by atoms with Crippen molar-refractivity contribution in [3.63, 3.8) is 0 Å². The molecule has 0 aliphatic heterocycles. The first-order valence-electron chi connectivity index (χ1n) is 5.08. The summed E-state index contributed by atoms with van der Waals surface area (Å²) >= 11 is 7.22. The molecule has 1 aromatic rings. The average molecular weight is 263 g/mol. The van der Waals surface area contributed by atoms with Crippen molar-refractivity contribution in [1.82, 2.24) is 9.88 Å². The lowest BCUT2D eigenvalue weighted by Crippen LogP contribution is -2.31. The number of halogens is 1. The molecule has 0 radical (unpaired) electrons. The summed E-state index contributed by atoms with van der Waals surface area (Å²) in [5.74, 6) is -1.13. The second kappa shape index (κ2) is 6.18. The highest BCUT2D eigenvalue weighted by Crippen LogP contribution is 2.19. The van der Waals surface area contributed by atoms with Gasteiger partial charge in [-0.05, 0) is 6.54 Å². The monoisotopic (exact) mass is 262 g/mol. The average Bonchev–Trinajstić information content (AvgIpc) is 2.62. The lowest BCUT2D eigenvalue weighted by Gasteiger charge is -2.21. The molecule has 0 aliphatic carbocycles. The van der Waals surface area contributed by atoms with E-state index < -0.39 is 5.97 Å². The van der Waals surface area contributed by atoms with Gasteiger partial charge >= 0.3 is 5.97 Å². The second-order valence-corrected chi connectivity index (χ2v) is 5.37. The van der Waals surface area contributed by atoms with E-state index in [9.17, 15) is 4.79 Å². The van der Waals surface area contributed by atoms with Crippen LogP contribution in [0.2, 0.25) is 4.34 Å². The maximum Gasteiger partial charge on any atom is 0.307 e. The molecule has 0 bridgehead atoms. The van der Waals surface area contributed by atoms with Gasteiger partial charge in [0.05, 0.1) is 18.7 Å². The zero-order valence-electron chi connectivity index (χ0n) is 9.31. The fourth-order valence-electron chi connectivity index (χ4n) is 1.32. The first kappa shape index (κ1) is 13.4. The van der Waals surface area contributed by atoms with Crippen molar-refractivity contribution in [2.24, 2.45) is 5.92 Å². The Kier molecular flexibility index (Phi) is 5.18. The number of aliphatic carboxylic acids is 1. The minimum atomic E-state index is -0.768. The molecule has 0 amide bonds. The number of hydrogen-bond acceptors (Lipinski definition) is 4. The molecule has 6 heteroatoms. The quantitative estimate of drug-likeness (QED) is 0.855. The summed E-state index contributed by atoms with van der Waals surface area (Å²) in [5, 5.41) is 9.76. The van der Waals surface area contributed by atoms with E-state index >= 15 is 0 Å². The Labute approximate surface area is 104 Å².